The average Bonchev–Trinajstić information content (AvgIpc) is 2.31. The first-order chi connectivity index (χ1) is 8.45. The van der Waals surface area contributed by atoms with E-state index in [1.807, 2.05) is 6.92 Å². The number of rotatable bonds is 5. The minimum Gasteiger partial charge on any atom is -0.481 e. The maximum atomic E-state index is 13.1. The summed E-state index contributed by atoms with van der Waals surface area (Å²) in [5.41, 5.74) is 6.29. The molecular formula is C13H19FN2O2. The lowest BCUT2D eigenvalue weighted by molar-refractivity contribution is -0.127. The van der Waals surface area contributed by atoms with Gasteiger partial charge < -0.3 is 15.8 Å². The van der Waals surface area contributed by atoms with Crippen molar-refractivity contribution in [3.05, 3.63) is 29.6 Å². The van der Waals surface area contributed by atoms with Crippen molar-refractivity contribution in [2.45, 2.75) is 32.9 Å². The van der Waals surface area contributed by atoms with Crippen LogP contribution in [0.15, 0.2) is 18.2 Å². The van der Waals surface area contributed by atoms with Gasteiger partial charge in [-0.3, -0.25) is 4.79 Å². The van der Waals surface area contributed by atoms with Gasteiger partial charge in [0, 0.05) is 18.2 Å². The number of benzene rings is 1. The van der Waals surface area contributed by atoms with Gasteiger partial charge in [0.25, 0.3) is 5.91 Å². The molecule has 0 spiro atoms. The number of likely N-dealkylation sites (N-methyl/N-ethyl adjacent to an activating group) is 1. The van der Waals surface area contributed by atoms with Crippen LogP contribution in [-0.2, 0) is 4.79 Å². The molecule has 1 rings (SSSR count). The van der Waals surface area contributed by atoms with Gasteiger partial charge in [-0.2, -0.15) is 0 Å². The summed E-state index contributed by atoms with van der Waals surface area (Å²) in [4.78, 5) is 11.6. The van der Waals surface area contributed by atoms with Crippen molar-refractivity contribution >= 4 is 5.91 Å². The highest BCUT2D eigenvalue weighted by Gasteiger charge is 2.17. The van der Waals surface area contributed by atoms with E-state index in [9.17, 15) is 9.18 Å². The zero-order chi connectivity index (χ0) is 13.7. The molecule has 1 aromatic carbocycles. The predicted molar refractivity (Wildman–Crippen MR) is 67.8 cm³/mol. The number of nitrogens with two attached hydrogens (primary N) is 1. The summed E-state index contributed by atoms with van der Waals surface area (Å²) in [7, 11) is 0. The van der Waals surface area contributed by atoms with Crippen LogP contribution in [0.1, 0.15) is 32.4 Å². The van der Waals surface area contributed by atoms with Crippen LogP contribution >= 0.6 is 0 Å². The lowest BCUT2D eigenvalue weighted by Crippen LogP contribution is -2.36. The normalized spacial score (nSPS) is 13.8. The van der Waals surface area contributed by atoms with E-state index in [-0.39, 0.29) is 17.8 Å². The molecule has 0 aliphatic carbocycles. The molecule has 0 fully saturated rings. The monoisotopic (exact) mass is 254 g/mol. The molecule has 100 valence electrons. The van der Waals surface area contributed by atoms with Crippen molar-refractivity contribution in [3.8, 4) is 5.75 Å². The SMILES string of the molecule is CCNC(=O)C(C)Oc1ccc(F)cc1[C@H](C)N. The van der Waals surface area contributed by atoms with Crippen molar-refractivity contribution in [2.24, 2.45) is 5.73 Å². The molecule has 0 saturated heterocycles. The second-order valence-electron chi connectivity index (χ2n) is 4.13. The van der Waals surface area contributed by atoms with Crippen LogP contribution < -0.4 is 15.8 Å². The van der Waals surface area contributed by atoms with Crippen molar-refractivity contribution < 1.29 is 13.9 Å². The number of carbonyl (C=O) groups excluding carboxylic acids is 1. The molecule has 0 aromatic heterocycles. The molecule has 2 atom stereocenters. The molecule has 0 aliphatic heterocycles. The molecule has 0 radical (unpaired) electrons. The van der Waals surface area contributed by atoms with Gasteiger partial charge in [0.15, 0.2) is 6.10 Å². The van der Waals surface area contributed by atoms with Crippen LogP contribution in [0.5, 0.6) is 5.75 Å². The molecule has 0 bridgehead atoms. The maximum Gasteiger partial charge on any atom is 0.260 e. The van der Waals surface area contributed by atoms with Gasteiger partial charge in [-0.25, -0.2) is 4.39 Å². The smallest absolute Gasteiger partial charge is 0.260 e. The lowest BCUT2D eigenvalue weighted by atomic mass is 10.1. The maximum absolute atomic E-state index is 13.1. The number of ether oxygens (including phenoxy) is 1. The molecule has 18 heavy (non-hydrogen) atoms. The summed E-state index contributed by atoms with van der Waals surface area (Å²) in [5, 5.41) is 2.66. The third-order valence-electron chi connectivity index (χ3n) is 2.49. The molecule has 0 heterocycles. The van der Waals surface area contributed by atoms with Crippen LogP contribution in [0.4, 0.5) is 4.39 Å². The van der Waals surface area contributed by atoms with E-state index in [1.54, 1.807) is 13.8 Å². The number of amides is 1. The van der Waals surface area contributed by atoms with E-state index in [0.29, 0.717) is 17.9 Å². The molecular weight excluding hydrogens is 235 g/mol. The fraction of sp³-hybridized carbons (Fsp3) is 0.462. The molecule has 0 aliphatic rings. The Morgan fingerprint density at radius 3 is 2.72 bits per heavy atom. The minimum absolute atomic E-state index is 0.211. The summed E-state index contributed by atoms with van der Waals surface area (Å²) < 4.78 is 18.7. The quantitative estimate of drug-likeness (QED) is 0.841. The van der Waals surface area contributed by atoms with Crippen LogP contribution in [-0.4, -0.2) is 18.6 Å². The molecule has 5 heteroatoms. The molecule has 4 nitrogen and oxygen atoms in total. The fourth-order valence-corrected chi connectivity index (χ4v) is 1.54. The number of hydrogen-bond acceptors (Lipinski definition) is 3. The number of carbonyl (C=O) groups is 1. The van der Waals surface area contributed by atoms with Gasteiger partial charge in [0.05, 0.1) is 0 Å². The van der Waals surface area contributed by atoms with Crippen molar-refractivity contribution in [2.75, 3.05) is 6.54 Å². The number of nitrogens with one attached hydrogen (secondary N) is 1. The van der Waals surface area contributed by atoms with Gasteiger partial charge in [0.2, 0.25) is 0 Å². The summed E-state index contributed by atoms with van der Waals surface area (Å²) in [6, 6.07) is 3.73. The Labute approximate surface area is 106 Å². The molecule has 0 saturated carbocycles. The van der Waals surface area contributed by atoms with E-state index in [2.05, 4.69) is 5.32 Å². The lowest BCUT2D eigenvalue weighted by Gasteiger charge is -2.18. The Kier molecular flexibility index (Phi) is 5.09. The zero-order valence-electron chi connectivity index (χ0n) is 10.9. The molecule has 1 unspecified atom stereocenters. The zero-order valence-corrected chi connectivity index (χ0v) is 10.9. The van der Waals surface area contributed by atoms with Crippen molar-refractivity contribution in [1.29, 1.82) is 0 Å². The largest absolute Gasteiger partial charge is 0.481 e. The molecule has 1 aromatic rings. The van der Waals surface area contributed by atoms with Crippen molar-refractivity contribution in [1.82, 2.24) is 5.32 Å². The predicted octanol–water partition coefficient (Wildman–Crippen LogP) is 1.75. The summed E-state index contributed by atoms with van der Waals surface area (Å²) in [5.74, 6) is -0.150. The van der Waals surface area contributed by atoms with Gasteiger partial charge in [-0.15, -0.1) is 0 Å². The molecule has 1 amide bonds. The third-order valence-corrected chi connectivity index (χ3v) is 2.49. The second kappa shape index (κ2) is 6.35. The number of halogens is 1. The Hall–Kier alpha value is -1.62. The second-order valence-corrected chi connectivity index (χ2v) is 4.13. The van der Waals surface area contributed by atoms with Gasteiger partial charge >= 0.3 is 0 Å². The number of hydrogen-bond donors (Lipinski definition) is 2. The highest BCUT2D eigenvalue weighted by Crippen LogP contribution is 2.25. The van der Waals surface area contributed by atoms with Crippen LogP contribution in [0.3, 0.4) is 0 Å². The summed E-state index contributed by atoms with van der Waals surface area (Å²) >= 11 is 0. The summed E-state index contributed by atoms with van der Waals surface area (Å²) in [6.07, 6.45) is -0.645. The minimum atomic E-state index is -0.645. The Morgan fingerprint density at radius 1 is 1.50 bits per heavy atom. The van der Waals surface area contributed by atoms with Gasteiger partial charge in [-0.05, 0) is 39.0 Å². The average molecular weight is 254 g/mol. The van der Waals surface area contributed by atoms with E-state index in [1.165, 1.54) is 18.2 Å². The van der Waals surface area contributed by atoms with E-state index in [0.717, 1.165) is 0 Å². The highest BCUT2D eigenvalue weighted by atomic mass is 19.1. The van der Waals surface area contributed by atoms with E-state index < -0.39 is 6.10 Å². The van der Waals surface area contributed by atoms with Crippen LogP contribution in [0.2, 0.25) is 0 Å². The first-order valence-electron chi connectivity index (χ1n) is 5.95. The Balaban J connectivity index is 2.87. The van der Waals surface area contributed by atoms with Crippen molar-refractivity contribution in [3.63, 3.8) is 0 Å². The topological polar surface area (TPSA) is 64.3 Å². The van der Waals surface area contributed by atoms with Crippen LogP contribution in [0, 0.1) is 5.82 Å². The highest BCUT2D eigenvalue weighted by molar-refractivity contribution is 5.80. The Bertz CT molecular complexity index is 421. The van der Waals surface area contributed by atoms with Gasteiger partial charge in [-0.1, -0.05) is 0 Å². The van der Waals surface area contributed by atoms with E-state index in [4.69, 9.17) is 10.5 Å². The molecule has 3 N–H and O–H groups in total. The fourth-order valence-electron chi connectivity index (χ4n) is 1.54. The van der Waals surface area contributed by atoms with Gasteiger partial charge in [0.1, 0.15) is 11.6 Å². The first-order valence-corrected chi connectivity index (χ1v) is 5.95. The standard InChI is InChI=1S/C13H19FN2O2/c1-4-16-13(17)9(3)18-12-6-5-10(14)7-11(12)8(2)15/h5-9H,4,15H2,1-3H3,(H,16,17)/t8-,9?/m0/s1. The Morgan fingerprint density at radius 2 is 2.17 bits per heavy atom. The van der Waals surface area contributed by atoms with Crippen LogP contribution in [0.25, 0.3) is 0 Å². The third kappa shape index (κ3) is 3.70. The first kappa shape index (κ1) is 14.4. The summed E-state index contributed by atoms with van der Waals surface area (Å²) in [6.45, 7) is 5.74. The van der Waals surface area contributed by atoms with E-state index >= 15 is 0 Å².